The van der Waals surface area contributed by atoms with Crippen LogP contribution in [0.25, 0.3) is 17.0 Å². The number of nitrogens with zero attached hydrogens (tertiary/aromatic N) is 3. The van der Waals surface area contributed by atoms with Gasteiger partial charge in [0, 0.05) is 11.9 Å². The molecule has 3 aromatic rings. The third kappa shape index (κ3) is 1.70. The molecule has 2 heterocycles. The Morgan fingerprint density at radius 3 is 2.50 bits per heavy atom. The number of aromatic nitrogens is 3. The van der Waals surface area contributed by atoms with Crippen molar-refractivity contribution in [2.45, 2.75) is 0 Å². The van der Waals surface area contributed by atoms with Gasteiger partial charge in [-0.2, -0.15) is 0 Å². The van der Waals surface area contributed by atoms with Crippen LogP contribution in [0.15, 0.2) is 36.5 Å². The number of benzene rings is 1. The molecule has 0 bridgehead atoms. The zero-order valence-corrected chi connectivity index (χ0v) is 10.7. The Labute approximate surface area is 113 Å². The Bertz CT molecular complexity index is 713. The zero-order chi connectivity index (χ0) is 12.7. The second-order valence-electron chi connectivity index (χ2n) is 3.81. The summed E-state index contributed by atoms with van der Waals surface area (Å²) in [5.74, 6) is 0.598. The maximum atomic E-state index is 6.18. The summed E-state index contributed by atoms with van der Waals surface area (Å²) >= 11 is 12.4. The average molecular weight is 279 g/mol. The van der Waals surface area contributed by atoms with Crippen molar-refractivity contribution in [2.75, 3.05) is 5.73 Å². The predicted molar refractivity (Wildman–Crippen MR) is 72.9 cm³/mol. The van der Waals surface area contributed by atoms with Crippen LogP contribution in [-0.4, -0.2) is 14.6 Å². The standard InChI is InChI=1S/C12H8Cl2N4/c13-8-5-7(15)6-9(14)11(8)12-17-16-10-3-1-2-4-18(10)12/h1-6H,15H2. The number of nitrogen functional groups attached to an aromatic ring is 1. The molecule has 0 aliphatic rings. The van der Waals surface area contributed by atoms with Crippen molar-refractivity contribution < 1.29 is 0 Å². The first-order valence-electron chi connectivity index (χ1n) is 5.21. The number of pyridine rings is 1. The molecule has 0 spiro atoms. The summed E-state index contributed by atoms with van der Waals surface area (Å²) in [6.07, 6.45) is 1.85. The molecule has 18 heavy (non-hydrogen) atoms. The molecule has 0 aliphatic carbocycles. The zero-order valence-electron chi connectivity index (χ0n) is 9.14. The van der Waals surface area contributed by atoms with E-state index >= 15 is 0 Å². The Balaban J connectivity index is 2.33. The summed E-state index contributed by atoms with van der Waals surface area (Å²) in [7, 11) is 0. The first-order chi connectivity index (χ1) is 8.66. The van der Waals surface area contributed by atoms with Crippen molar-refractivity contribution in [1.82, 2.24) is 14.6 Å². The van der Waals surface area contributed by atoms with Gasteiger partial charge in [0.25, 0.3) is 0 Å². The Morgan fingerprint density at radius 1 is 1.06 bits per heavy atom. The summed E-state index contributed by atoms with van der Waals surface area (Å²) in [6.45, 7) is 0. The van der Waals surface area contributed by atoms with Gasteiger partial charge in [0.2, 0.25) is 0 Å². The van der Waals surface area contributed by atoms with Gasteiger partial charge in [-0.1, -0.05) is 29.3 Å². The number of halogens is 2. The summed E-state index contributed by atoms with van der Waals surface area (Å²) in [5.41, 5.74) is 7.56. The maximum Gasteiger partial charge on any atom is 0.171 e. The molecular formula is C12H8Cl2N4. The van der Waals surface area contributed by atoms with Crippen molar-refractivity contribution in [3.05, 3.63) is 46.6 Å². The van der Waals surface area contributed by atoms with Crippen LogP contribution in [0, 0.1) is 0 Å². The van der Waals surface area contributed by atoms with Gasteiger partial charge < -0.3 is 5.73 Å². The summed E-state index contributed by atoms with van der Waals surface area (Å²) in [5, 5.41) is 9.10. The van der Waals surface area contributed by atoms with E-state index in [-0.39, 0.29) is 0 Å². The SMILES string of the molecule is Nc1cc(Cl)c(-c2nnc3ccccn23)c(Cl)c1. The van der Waals surface area contributed by atoms with Gasteiger partial charge in [0.15, 0.2) is 11.5 Å². The van der Waals surface area contributed by atoms with Crippen LogP contribution < -0.4 is 5.73 Å². The Kier molecular flexibility index (Phi) is 2.61. The smallest absolute Gasteiger partial charge is 0.171 e. The molecule has 2 aromatic heterocycles. The molecule has 2 N–H and O–H groups in total. The normalized spacial score (nSPS) is 11.0. The lowest BCUT2D eigenvalue weighted by molar-refractivity contribution is 1.11. The van der Waals surface area contributed by atoms with Gasteiger partial charge in [-0.15, -0.1) is 10.2 Å². The lowest BCUT2D eigenvalue weighted by atomic mass is 10.2. The minimum atomic E-state index is 0.457. The van der Waals surface area contributed by atoms with Crippen LogP contribution in [0.4, 0.5) is 5.69 Å². The fourth-order valence-corrected chi connectivity index (χ4v) is 2.49. The monoisotopic (exact) mass is 278 g/mol. The highest BCUT2D eigenvalue weighted by Crippen LogP contribution is 2.35. The van der Waals surface area contributed by atoms with Gasteiger partial charge in [-0.25, -0.2) is 0 Å². The maximum absolute atomic E-state index is 6.18. The van der Waals surface area contributed by atoms with E-state index in [9.17, 15) is 0 Å². The summed E-state index contributed by atoms with van der Waals surface area (Å²) in [6, 6.07) is 8.92. The van der Waals surface area contributed by atoms with Crippen LogP contribution in [0.3, 0.4) is 0 Å². The highest BCUT2D eigenvalue weighted by molar-refractivity contribution is 6.39. The number of nitrogens with two attached hydrogens (primary N) is 1. The van der Waals surface area contributed by atoms with E-state index in [0.717, 1.165) is 5.65 Å². The van der Waals surface area contributed by atoms with Gasteiger partial charge in [-0.3, -0.25) is 4.40 Å². The Hall–Kier alpha value is -1.78. The number of anilines is 1. The van der Waals surface area contributed by atoms with Crippen LogP contribution >= 0.6 is 23.2 Å². The molecule has 90 valence electrons. The first-order valence-corrected chi connectivity index (χ1v) is 5.97. The minimum Gasteiger partial charge on any atom is -0.399 e. The van der Waals surface area contributed by atoms with E-state index in [1.54, 1.807) is 12.1 Å². The van der Waals surface area contributed by atoms with Crippen LogP contribution in [-0.2, 0) is 0 Å². The highest BCUT2D eigenvalue weighted by atomic mass is 35.5. The van der Waals surface area contributed by atoms with E-state index in [1.165, 1.54) is 0 Å². The van der Waals surface area contributed by atoms with Crippen molar-refractivity contribution in [2.24, 2.45) is 0 Å². The van der Waals surface area contributed by atoms with Gasteiger partial charge in [-0.05, 0) is 24.3 Å². The van der Waals surface area contributed by atoms with Crippen molar-refractivity contribution in [3.8, 4) is 11.4 Å². The van der Waals surface area contributed by atoms with E-state index in [0.29, 0.717) is 27.1 Å². The van der Waals surface area contributed by atoms with Crippen molar-refractivity contribution in [3.63, 3.8) is 0 Å². The molecule has 0 amide bonds. The molecule has 0 radical (unpaired) electrons. The number of rotatable bonds is 1. The number of hydrogen-bond donors (Lipinski definition) is 1. The molecule has 6 heteroatoms. The Morgan fingerprint density at radius 2 is 1.78 bits per heavy atom. The van der Waals surface area contributed by atoms with E-state index in [4.69, 9.17) is 28.9 Å². The fourth-order valence-electron chi connectivity index (χ4n) is 1.82. The molecular weight excluding hydrogens is 271 g/mol. The predicted octanol–water partition coefficient (Wildman–Crippen LogP) is 3.29. The van der Waals surface area contributed by atoms with E-state index in [1.807, 2.05) is 28.8 Å². The molecule has 4 nitrogen and oxygen atoms in total. The average Bonchev–Trinajstić information content (AvgIpc) is 2.72. The molecule has 3 rings (SSSR count). The van der Waals surface area contributed by atoms with E-state index < -0.39 is 0 Å². The summed E-state index contributed by atoms with van der Waals surface area (Å²) in [4.78, 5) is 0. The highest BCUT2D eigenvalue weighted by Gasteiger charge is 2.15. The van der Waals surface area contributed by atoms with E-state index in [2.05, 4.69) is 10.2 Å². The number of hydrogen-bond acceptors (Lipinski definition) is 3. The molecule has 0 aliphatic heterocycles. The molecule has 0 fully saturated rings. The van der Waals surface area contributed by atoms with Crippen molar-refractivity contribution in [1.29, 1.82) is 0 Å². The van der Waals surface area contributed by atoms with Crippen LogP contribution in [0.5, 0.6) is 0 Å². The van der Waals surface area contributed by atoms with Crippen LogP contribution in [0.1, 0.15) is 0 Å². The summed E-state index contributed by atoms with van der Waals surface area (Å²) < 4.78 is 1.82. The van der Waals surface area contributed by atoms with Crippen molar-refractivity contribution >= 4 is 34.5 Å². The fraction of sp³-hybridized carbons (Fsp3) is 0. The van der Waals surface area contributed by atoms with Crippen LogP contribution in [0.2, 0.25) is 10.0 Å². The third-order valence-corrected chi connectivity index (χ3v) is 3.20. The second kappa shape index (κ2) is 4.15. The van der Waals surface area contributed by atoms with Gasteiger partial charge in [0.05, 0.1) is 15.6 Å². The lowest BCUT2D eigenvalue weighted by Gasteiger charge is -2.06. The molecule has 0 saturated carbocycles. The minimum absolute atomic E-state index is 0.457. The first kappa shape index (κ1) is 11.3. The topological polar surface area (TPSA) is 56.2 Å². The van der Waals surface area contributed by atoms with Gasteiger partial charge in [0.1, 0.15) is 0 Å². The quantitative estimate of drug-likeness (QED) is 0.695. The number of fused-ring (bicyclic) bond motifs is 1. The largest absolute Gasteiger partial charge is 0.399 e. The lowest BCUT2D eigenvalue weighted by Crippen LogP contribution is -1.93. The third-order valence-electron chi connectivity index (χ3n) is 2.60. The molecule has 0 saturated heterocycles. The molecule has 0 atom stereocenters. The second-order valence-corrected chi connectivity index (χ2v) is 4.63. The van der Waals surface area contributed by atoms with Gasteiger partial charge >= 0.3 is 0 Å². The molecule has 1 aromatic carbocycles. The molecule has 0 unspecified atom stereocenters.